The number of halogens is 2. The molecular weight excluding hydrogens is 221 g/mol. The fourth-order valence-corrected chi connectivity index (χ4v) is 1.72. The van der Waals surface area contributed by atoms with Gasteiger partial charge in [-0.25, -0.2) is 0 Å². The van der Waals surface area contributed by atoms with Crippen LogP contribution in [0.5, 0.6) is 0 Å². The van der Waals surface area contributed by atoms with E-state index < -0.39 is 0 Å². The van der Waals surface area contributed by atoms with Crippen molar-refractivity contribution in [3.63, 3.8) is 0 Å². The van der Waals surface area contributed by atoms with Gasteiger partial charge >= 0.3 is 0 Å². The highest BCUT2D eigenvalue weighted by Crippen LogP contribution is 2.31. The van der Waals surface area contributed by atoms with E-state index in [9.17, 15) is 4.79 Å². The highest BCUT2D eigenvalue weighted by molar-refractivity contribution is 6.50. The van der Waals surface area contributed by atoms with E-state index in [1.165, 1.54) is 0 Å². The fraction of sp³-hybridized carbons (Fsp3) is 0.100. The minimum Gasteiger partial charge on any atom is -0.325 e. The van der Waals surface area contributed by atoms with Gasteiger partial charge in [-0.2, -0.15) is 0 Å². The maximum atomic E-state index is 11.2. The summed E-state index contributed by atoms with van der Waals surface area (Å²) in [7, 11) is 0. The zero-order chi connectivity index (χ0) is 10.1. The van der Waals surface area contributed by atoms with Crippen LogP contribution >= 0.6 is 23.2 Å². The van der Waals surface area contributed by atoms with Crippen LogP contribution in [0.3, 0.4) is 0 Å². The number of rotatable bonds is 0. The molecule has 1 aliphatic rings. The largest absolute Gasteiger partial charge is 0.325 e. The van der Waals surface area contributed by atoms with Crippen LogP contribution in [0.15, 0.2) is 24.3 Å². The van der Waals surface area contributed by atoms with Crippen molar-refractivity contribution in [3.05, 3.63) is 34.9 Å². The topological polar surface area (TPSA) is 29.1 Å². The Hall–Kier alpha value is -0.990. The first-order valence-corrected chi connectivity index (χ1v) is 4.88. The fourth-order valence-electron chi connectivity index (χ4n) is 1.32. The van der Waals surface area contributed by atoms with Crippen LogP contribution in [0.2, 0.25) is 5.02 Å². The van der Waals surface area contributed by atoms with E-state index in [0.717, 1.165) is 5.56 Å². The number of fused-ring (bicyclic) bond motifs is 1. The number of carbonyl (C=O) groups excluding carboxylic acids is 1. The van der Waals surface area contributed by atoms with Crippen LogP contribution in [0.25, 0.3) is 5.03 Å². The first-order chi connectivity index (χ1) is 6.66. The van der Waals surface area contributed by atoms with Crippen molar-refractivity contribution in [2.75, 3.05) is 5.32 Å². The van der Waals surface area contributed by atoms with E-state index in [1.54, 1.807) is 24.3 Å². The predicted molar refractivity (Wildman–Crippen MR) is 58.5 cm³/mol. The van der Waals surface area contributed by atoms with Crippen LogP contribution in [-0.4, -0.2) is 5.91 Å². The molecule has 1 aliphatic heterocycles. The summed E-state index contributed by atoms with van der Waals surface area (Å²) in [6, 6.07) is 5.20. The molecular formula is C10H7Cl2NO. The van der Waals surface area contributed by atoms with Gasteiger partial charge in [0, 0.05) is 27.7 Å². The lowest BCUT2D eigenvalue weighted by atomic mass is 10.1. The summed E-state index contributed by atoms with van der Waals surface area (Å²) in [6.45, 7) is 0. The van der Waals surface area contributed by atoms with Crippen LogP contribution in [0, 0.1) is 0 Å². The van der Waals surface area contributed by atoms with Crippen LogP contribution in [0.1, 0.15) is 12.0 Å². The maximum Gasteiger partial charge on any atom is 0.228 e. The standard InChI is InChI=1S/C10H7Cl2NO/c11-6-1-3-9-7(5-6)8(12)2-4-10(14)13-9/h1-3,5H,4H2,(H,13,14). The van der Waals surface area contributed by atoms with E-state index in [4.69, 9.17) is 23.2 Å². The second kappa shape index (κ2) is 3.64. The van der Waals surface area contributed by atoms with Gasteiger partial charge in [-0.1, -0.05) is 29.3 Å². The monoisotopic (exact) mass is 227 g/mol. The Kier molecular flexibility index (Phi) is 2.48. The summed E-state index contributed by atoms with van der Waals surface area (Å²) in [6.07, 6.45) is 1.98. The summed E-state index contributed by atoms with van der Waals surface area (Å²) in [5.74, 6) is -0.0655. The summed E-state index contributed by atoms with van der Waals surface area (Å²) < 4.78 is 0. The molecule has 72 valence electrons. The number of hydrogen-bond acceptors (Lipinski definition) is 1. The summed E-state index contributed by atoms with van der Waals surface area (Å²) >= 11 is 11.8. The van der Waals surface area contributed by atoms with Gasteiger partial charge in [0.1, 0.15) is 0 Å². The third kappa shape index (κ3) is 1.76. The van der Waals surface area contributed by atoms with Gasteiger partial charge in [0.25, 0.3) is 0 Å². The Bertz CT molecular complexity index is 426. The Morgan fingerprint density at radius 3 is 2.86 bits per heavy atom. The lowest BCUT2D eigenvalue weighted by Gasteiger charge is -2.06. The van der Waals surface area contributed by atoms with Gasteiger partial charge < -0.3 is 5.32 Å². The van der Waals surface area contributed by atoms with Gasteiger partial charge in [-0.05, 0) is 18.2 Å². The van der Waals surface area contributed by atoms with Gasteiger partial charge in [0.15, 0.2) is 0 Å². The molecule has 4 heteroatoms. The number of benzene rings is 1. The van der Waals surface area contributed by atoms with E-state index in [-0.39, 0.29) is 5.91 Å². The molecule has 2 nitrogen and oxygen atoms in total. The third-order valence-corrected chi connectivity index (χ3v) is 2.57. The smallest absolute Gasteiger partial charge is 0.228 e. The molecule has 0 fully saturated rings. The van der Waals surface area contributed by atoms with Crippen molar-refractivity contribution in [1.29, 1.82) is 0 Å². The zero-order valence-electron chi connectivity index (χ0n) is 7.18. The molecule has 0 spiro atoms. The molecule has 1 amide bonds. The molecule has 0 bridgehead atoms. The summed E-state index contributed by atoms with van der Waals surface area (Å²) in [5, 5.41) is 3.91. The number of hydrogen-bond donors (Lipinski definition) is 1. The number of carbonyl (C=O) groups is 1. The van der Waals surface area contributed by atoms with Crippen molar-refractivity contribution >= 4 is 39.8 Å². The Labute approximate surface area is 91.5 Å². The molecule has 0 unspecified atom stereocenters. The molecule has 1 heterocycles. The highest BCUT2D eigenvalue weighted by Gasteiger charge is 2.13. The zero-order valence-corrected chi connectivity index (χ0v) is 8.69. The van der Waals surface area contributed by atoms with Crippen molar-refractivity contribution in [1.82, 2.24) is 0 Å². The van der Waals surface area contributed by atoms with Crippen LogP contribution in [0.4, 0.5) is 5.69 Å². The van der Waals surface area contributed by atoms with Gasteiger partial charge in [-0.15, -0.1) is 0 Å². The minimum absolute atomic E-state index is 0.0655. The molecule has 0 aliphatic carbocycles. The average Bonchev–Trinajstić information content (AvgIpc) is 2.29. The SMILES string of the molecule is O=C1CC=C(Cl)c2cc(Cl)ccc2N1. The van der Waals surface area contributed by atoms with Crippen molar-refractivity contribution in [3.8, 4) is 0 Å². The highest BCUT2D eigenvalue weighted by atomic mass is 35.5. The summed E-state index contributed by atoms with van der Waals surface area (Å²) in [5.41, 5.74) is 1.48. The molecule has 1 aromatic rings. The molecule has 1 aromatic carbocycles. The first-order valence-electron chi connectivity index (χ1n) is 4.12. The van der Waals surface area contributed by atoms with E-state index in [0.29, 0.717) is 22.2 Å². The second-order valence-electron chi connectivity index (χ2n) is 2.99. The lowest BCUT2D eigenvalue weighted by Crippen LogP contribution is -2.09. The van der Waals surface area contributed by atoms with Crippen molar-refractivity contribution in [2.45, 2.75) is 6.42 Å². The minimum atomic E-state index is -0.0655. The lowest BCUT2D eigenvalue weighted by molar-refractivity contribution is -0.115. The van der Waals surface area contributed by atoms with Crippen LogP contribution < -0.4 is 5.32 Å². The van der Waals surface area contributed by atoms with Crippen LogP contribution in [-0.2, 0) is 4.79 Å². The van der Waals surface area contributed by atoms with E-state index in [2.05, 4.69) is 5.32 Å². The van der Waals surface area contributed by atoms with E-state index in [1.807, 2.05) is 0 Å². The first kappa shape index (κ1) is 9.56. The van der Waals surface area contributed by atoms with Crippen molar-refractivity contribution < 1.29 is 4.79 Å². The molecule has 0 aromatic heterocycles. The number of anilines is 1. The maximum absolute atomic E-state index is 11.2. The Morgan fingerprint density at radius 1 is 1.29 bits per heavy atom. The van der Waals surface area contributed by atoms with Gasteiger partial charge in [-0.3, -0.25) is 4.79 Å². The van der Waals surface area contributed by atoms with E-state index >= 15 is 0 Å². The molecule has 0 saturated carbocycles. The second-order valence-corrected chi connectivity index (χ2v) is 3.84. The molecule has 2 rings (SSSR count). The Balaban J connectivity index is 2.57. The predicted octanol–water partition coefficient (Wildman–Crippen LogP) is 3.26. The molecule has 0 radical (unpaired) electrons. The van der Waals surface area contributed by atoms with Gasteiger partial charge in [0.2, 0.25) is 5.91 Å². The van der Waals surface area contributed by atoms with Crippen molar-refractivity contribution in [2.24, 2.45) is 0 Å². The molecule has 0 atom stereocenters. The normalized spacial score (nSPS) is 15.3. The molecule has 0 saturated heterocycles. The summed E-state index contributed by atoms with van der Waals surface area (Å²) in [4.78, 5) is 11.2. The number of amides is 1. The quantitative estimate of drug-likeness (QED) is 0.725. The Morgan fingerprint density at radius 2 is 2.07 bits per heavy atom. The molecule has 1 N–H and O–H groups in total. The third-order valence-electron chi connectivity index (χ3n) is 1.98. The number of nitrogens with one attached hydrogen (secondary N) is 1. The molecule has 14 heavy (non-hydrogen) atoms. The van der Waals surface area contributed by atoms with Gasteiger partial charge in [0.05, 0.1) is 0 Å². The average molecular weight is 228 g/mol.